The summed E-state index contributed by atoms with van der Waals surface area (Å²) in [6.45, 7) is 5.87. The summed E-state index contributed by atoms with van der Waals surface area (Å²) < 4.78 is 0. The number of pyridine rings is 1. The van der Waals surface area contributed by atoms with Crippen LogP contribution in [0.5, 0.6) is 0 Å². The highest BCUT2D eigenvalue weighted by atomic mass is 16.2. The first-order valence-corrected chi connectivity index (χ1v) is 10.6. The molecular formula is C24H29N3O2. The van der Waals surface area contributed by atoms with Crippen LogP contribution in [0.3, 0.4) is 0 Å². The fraction of sp³-hybridized carbons (Fsp3) is 0.458. The van der Waals surface area contributed by atoms with Gasteiger partial charge < -0.3 is 9.80 Å². The predicted octanol–water partition coefficient (Wildman–Crippen LogP) is 3.74. The van der Waals surface area contributed by atoms with Gasteiger partial charge in [-0.25, -0.2) is 0 Å². The second-order valence-corrected chi connectivity index (χ2v) is 8.53. The first kappa shape index (κ1) is 19.6. The molecule has 152 valence electrons. The molecule has 0 spiro atoms. The molecule has 1 atom stereocenters. The Hall–Kier alpha value is -2.69. The molecule has 1 aromatic carbocycles. The van der Waals surface area contributed by atoms with Crippen molar-refractivity contribution in [1.29, 1.82) is 0 Å². The van der Waals surface area contributed by atoms with Crippen molar-refractivity contribution in [1.82, 2.24) is 14.8 Å². The zero-order chi connectivity index (χ0) is 20.4. The van der Waals surface area contributed by atoms with Gasteiger partial charge in [0.25, 0.3) is 5.91 Å². The van der Waals surface area contributed by atoms with Crippen molar-refractivity contribution in [3.63, 3.8) is 0 Å². The highest BCUT2D eigenvalue weighted by Crippen LogP contribution is 2.31. The van der Waals surface area contributed by atoms with Gasteiger partial charge in [0.2, 0.25) is 5.91 Å². The topological polar surface area (TPSA) is 53.5 Å². The number of piperidine rings is 1. The molecule has 0 radical (unpaired) electrons. The lowest BCUT2D eigenvalue weighted by atomic mass is 9.95. The highest BCUT2D eigenvalue weighted by Gasteiger charge is 2.38. The Labute approximate surface area is 172 Å². The van der Waals surface area contributed by atoms with Gasteiger partial charge in [0.15, 0.2) is 0 Å². The van der Waals surface area contributed by atoms with E-state index in [1.165, 1.54) is 0 Å². The van der Waals surface area contributed by atoms with Crippen LogP contribution in [0.25, 0.3) is 0 Å². The predicted molar refractivity (Wildman–Crippen MR) is 112 cm³/mol. The Balaban J connectivity index is 1.46. The van der Waals surface area contributed by atoms with Gasteiger partial charge in [-0.1, -0.05) is 23.3 Å². The average Bonchev–Trinajstić information content (AvgIpc) is 3.56. The summed E-state index contributed by atoms with van der Waals surface area (Å²) in [6, 6.07) is 10.2. The van der Waals surface area contributed by atoms with Gasteiger partial charge in [0.1, 0.15) is 0 Å². The number of rotatable bonds is 5. The summed E-state index contributed by atoms with van der Waals surface area (Å²) in [7, 11) is 0. The number of aryl methyl sites for hydroxylation is 2. The first-order valence-electron chi connectivity index (χ1n) is 10.6. The molecule has 2 aliphatic rings. The second-order valence-electron chi connectivity index (χ2n) is 8.53. The minimum Gasteiger partial charge on any atom is -0.338 e. The second kappa shape index (κ2) is 8.36. The third-order valence-electron chi connectivity index (χ3n) is 5.87. The Bertz CT molecular complexity index is 872. The monoisotopic (exact) mass is 391 g/mol. The lowest BCUT2D eigenvalue weighted by Crippen LogP contribution is -2.47. The van der Waals surface area contributed by atoms with E-state index >= 15 is 0 Å². The van der Waals surface area contributed by atoms with Crippen LogP contribution in [0, 0.1) is 19.8 Å². The first-order chi connectivity index (χ1) is 14.0. The van der Waals surface area contributed by atoms with E-state index in [4.69, 9.17) is 0 Å². The molecule has 0 bridgehead atoms. The Morgan fingerprint density at radius 1 is 1.14 bits per heavy atom. The van der Waals surface area contributed by atoms with Crippen LogP contribution in [-0.2, 0) is 11.3 Å². The smallest absolute Gasteiger partial charge is 0.253 e. The number of benzene rings is 1. The minimum absolute atomic E-state index is 0.0412. The van der Waals surface area contributed by atoms with Gasteiger partial charge in [0, 0.05) is 43.6 Å². The molecule has 5 heteroatoms. The van der Waals surface area contributed by atoms with Crippen LogP contribution in [0.2, 0.25) is 0 Å². The maximum absolute atomic E-state index is 13.4. The van der Waals surface area contributed by atoms with E-state index < -0.39 is 0 Å². The highest BCUT2D eigenvalue weighted by molar-refractivity contribution is 5.95. The van der Waals surface area contributed by atoms with E-state index in [2.05, 4.69) is 11.1 Å². The SMILES string of the molecule is Cc1cc(C)cc(C(=O)N2CCCC(C(=O)N(Cc3cccnc3)C3CC3)C2)c1. The number of hydrogen-bond donors (Lipinski definition) is 0. The summed E-state index contributed by atoms with van der Waals surface area (Å²) in [6.07, 6.45) is 7.46. The quantitative estimate of drug-likeness (QED) is 0.780. The molecule has 2 heterocycles. The van der Waals surface area contributed by atoms with E-state index in [-0.39, 0.29) is 17.7 Å². The number of hydrogen-bond acceptors (Lipinski definition) is 3. The van der Waals surface area contributed by atoms with Crippen molar-refractivity contribution in [3.05, 3.63) is 65.0 Å². The number of carbonyl (C=O) groups is 2. The van der Waals surface area contributed by atoms with E-state index in [0.29, 0.717) is 19.1 Å². The largest absolute Gasteiger partial charge is 0.338 e. The molecular weight excluding hydrogens is 362 g/mol. The Kier molecular flexibility index (Phi) is 5.65. The number of nitrogens with zero attached hydrogens (tertiary/aromatic N) is 3. The molecule has 1 aliphatic heterocycles. The molecule has 29 heavy (non-hydrogen) atoms. The van der Waals surface area contributed by atoms with Crippen molar-refractivity contribution in [2.24, 2.45) is 5.92 Å². The van der Waals surface area contributed by atoms with E-state index in [1.807, 2.05) is 54.1 Å². The van der Waals surface area contributed by atoms with Crippen molar-refractivity contribution in [2.45, 2.75) is 52.1 Å². The van der Waals surface area contributed by atoms with Crippen LogP contribution in [0.15, 0.2) is 42.7 Å². The molecule has 4 rings (SSSR count). The molecule has 1 saturated heterocycles. The van der Waals surface area contributed by atoms with Crippen LogP contribution in [0.1, 0.15) is 52.7 Å². The molecule has 5 nitrogen and oxygen atoms in total. The third-order valence-corrected chi connectivity index (χ3v) is 5.87. The maximum atomic E-state index is 13.4. The summed E-state index contributed by atoms with van der Waals surface area (Å²) in [5.74, 6) is 0.115. The average molecular weight is 392 g/mol. The van der Waals surface area contributed by atoms with E-state index in [0.717, 1.165) is 54.5 Å². The van der Waals surface area contributed by atoms with Crippen molar-refractivity contribution in [2.75, 3.05) is 13.1 Å². The molecule has 1 aromatic heterocycles. The number of likely N-dealkylation sites (tertiary alicyclic amines) is 1. The lowest BCUT2D eigenvalue weighted by molar-refractivity contribution is -0.138. The zero-order valence-electron chi connectivity index (χ0n) is 17.3. The van der Waals surface area contributed by atoms with Crippen LogP contribution < -0.4 is 0 Å². The fourth-order valence-electron chi connectivity index (χ4n) is 4.34. The number of carbonyl (C=O) groups excluding carboxylic acids is 2. The molecule has 1 aliphatic carbocycles. The third kappa shape index (κ3) is 4.66. The van der Waals surface area contributed by atoms with Crippen LogP contribution in [-0.4, -0.2) is 45.7 Å². The molecule has 1 unspecified atom stereocenters. The van der Waals surface area contributed by atoms with Gasteiger partial charge in [0.05, 0.1) is 5.92 Å². The van der Waals surface area contributed by atoms with E-state index in [1.54, 1.807) is 6.20 Å². The molecule has 2 fully saturated rings. The molecule has 0 N–H and O–H groups in total. The van der Waals surface area contributed by atoms with Gasteiger partial charge in [-0.2, -0.15) is 0 Å². The Morgan fingerprint density at radius 3 is 2.55 bits per heavy atom. The van der Waals surface area contributed by atoms with Crippen molar-refractivity contribution < 1.29 is 9.59 Å². The van der Waals surface area contributed by atoms with Gasteiger partial charge in [-0.05, 0) is 63.3 Å². The normalized spacial score (nSPS) is 19.1. The van der Waals surface area contributed by atoms with Crippen LogP contribution in [0.4, 0.5) is 0 Å². The van der Waals surface area contributed by atoms with Gasteiger partial charge in [-0.15, -0.1) is 0 Å². The minimum atomic E-state index is -0.115. The number of amides is 2. The zero-order valence-corrected chi connectivity index (χ0v) is 17.3. The van der Waals surface area contributed by atoms with Gasteiger partial charge in [-0.3, -0.25) is 14.6 Å². The summed E-state index contributed by atoms with van der Waals surface area (Å²) in [5, 5.41) is 0. The maximum Gasteiger partial charge on any atom is 0.253 e. The summed E-state index contributed by atoms with van der Waals surface area (Å²) >= 11 is 0. The summed E-state index contributed by atoms with van der Waals surface area (Å²) in [4.78, 5) is 34.5. The molecule has 2 amide bonds. The Morgan fingerprint density at radius 2 is 1.90 bits per heavy atom. The number of aromatic nitrogens is 1. The molecule has 2 aromatic rings. The summed E-state index contributed by atoms with van der Waals surface area (Å²) in [5.41, 5.74) is 3.97. The lowest BCUT2D eigenvalue weighted by Gasteiger charge is -2.35. The van der Waals surface area contributed by atoms with E-state index in [9.17, 15) is 9.59 Å². The standard InChI is InChI=1S/C24H29N3O2/c1-17-11-18(2)13-21(12-17)23(28)26-10-4-6-20(16-26)24(29)27(22-7-8-22)15-19-5-3-9-25-14-19/h3,5,9,11-14,20,22H,4,6-8,10,15-16H2,1-2H3. The van der Waals surface area contributed by atoms with Crippen molar-refractivity contribution in [3.8, 4) is 0 Å². The fourth-order valence-corrected chi connectivity index (χ4v) is 4.34. The van der Waals surface area contributed by atoms with Crippen LogP contribution >= 0.6 is 0 Å². The van der Waals surface area contributed by atoms with Gasteiger partial charge >= 0.3 is 0 Å². The molecule has 1 saturated carbocycles. The van der Waals surface area contributed by atoms with Crippen molar-refractivity contribution >= 4 is 11.8 Å².